The standard InChI is InChI=1S/C9H22N2/c1-8(2)7-9(11)5-3-4-6-10/h8-9H,3-7,10-11H2,1-2H3/t9-/m0/s1. The normalized spacial score (nSPS) is 13.9. The van der Waals surface area contributed by atoms with Crippen molar-refractivity contribution in [1.29, 1.82) is 0 Å². The van der Waals surface area contributed by atoms with E-state index in [0.717, 1.165) is 31.7 Å². The Morgan fingerprint density at radius 3 is 2.27 bits per heavy atom. The van der Waals surface area contributed by atoms with E-state index in [1.54, 1.807) is 0 Å². The van der Waals surface area contributed by atoms with E-state index in [4.69, 9.17) is 11.5 Å². The molecule has 68 valence electrons. The zero-order valence-electron chi connectivity index (χ0n) is 7.84. The van der Waals surface area contributed by atoms with Crippen molar-refractivity contribution in [2.75, 3.05) is 6.54 Å². The highest BCUT2D eigenvalue weighted by Gasteiger charge is 2.03. The van der Waals surface area contributed by atoms with Crippen molar-refractivity contribution in [1.82, 2.24) is 0 Å². The van der Waals surface area contributed by atoms with Crippen LogP contribution in [-0.4, -0.2) is 12.6 Å². The lowest BCUT2D eigenvalue weighted by Gasteiger charge is -2.12. The highest BCUT2D eigenvalue weighted by atomic mass is 14.6. The van der Waals surface area contributed by atoms with Crippen molar-refractivity contribution in [3.63, 3.8) is 0 Å². The highest BCUT2D eigenvalue weighted by Crippen LogP contribution is 2.08. The minimum Gasteiger partial charge on any atom is -0.330 e. The SMILES string of the molecule is CC(C)C[C@@H](N)CCCCN. The molecule has 11 heavy (non-hydrogen) atoms. The molecule has 0 saturated carbocycles. The van der Waals surface area contributed by atoms with Crippen molar-refractivity contribution >= 4 is 0 Å². The summed E-state index contributed by atoms with van der Waals surface area (Å²) in [4.78, 5) is 0. The third-order valence-electron chi connectivity index (χ3n) is 1.80. The van der Waals surface area contributed by atoms with E-state index in [-0.39, 0.29) is 0 Å². The molecule has 0 aromatic carbocycles. The van der Waals surface area contributed by atoms with E-state index in [1.165, 1.54) is 6.42 Å². The lowest BCUT2D eigenvalue weighted by Crippen LogP contribution is -2.22. The molecule has 0 aliphatic rings. The number of nitrogens with two attached hydrogens (primary N) is 2. The van der Waals surface area contributed by atoms with Crippen LogP contribution in [0.3, 0.4) is 0 Å². The third kappa shape index (κ3) is 7.82. The van der Waals surface area contributed by atoms with Gasteiger partial charge in [-0.3, -0.25) is 0 Å². The van der Waals surface area contributed by atoms with Crippen molar-refractivity contribution < 1.29 is 0 Å². The Bertz CT molecular complexity index is 81.6. The molecule has 0 saturated heterocycles. The van der Waals surface area contributed by atoms with E-state index >= 15 is 0 Å². The molecule has 0 rings (SSSR count). The number of unbranched alkanes of at least 4 members (excludes halogenated alkanes) is 1. The Kier molecular flexibility index (Phi) is 6.57. The fourth-order valence-corrected chi connectivity index (χ4v) is 1.27. The topological polar surface area (TPSA) is 52.0 Å². The van der Waals surface area contributed by atoms with E-state index in [0.29, 0.717) is 6.04 Å². The Morgan fingerprint density at radius 2 is 1.82 bits per heavy atom. The fourth-order valence-electron chi connectivity index (χ4n) is 1.27. The van der Waals surface area contributed by atoms with Crippen LogP contribution in [0, 0.1) is 5.92 Å². The van der Waals surface area contributed by atoms with E-state index < -0.39 is 0 Å². The summed E-state index contributed by atoms with van der Waals surface area (Å²) in [7, 11) is 0. The Hall–Kier alpha value is -0.0800. The van der Waals surface area contributed by atoms with Gasteiger partial charge in [0.25, 0.3) is 0 Å². The van der Waals surface area contributed by atoms with Gasteiger partial charge in [-0.05, 0) is 31.7 Å². The molecular formula is C9H22N2. The maximum atomic E-state index is 5.87. The van der Waals surface area contributed by atoms with Gasteiger partial charge in [0.15, 0.2) is 0 Å². The average molecular weight is 158 g/mol. The molecule has 0 aromatic heterocycles. The van der Waals surface area contributed by atoms with Gasteiger partial charge in [-0.25, -0.2) is 0 Å². The lowest BCUT2D eigenvalue weighted by atomic mass is 10.00. The fraction of sp³-hybridized carbons (Fsp3) is 1.00. The third-order valence-corrected chi connectivity index (χ3v) is 1.80. The molecule has 0 amide bonds. The van der Waals surface area contributed by atoms with E-state index in [2.05, 4.69) is 13.8 Å². The molecule has 2 heteroatoms. The monoisotopic (exact) mass is 158 g/mol. The number of hydrogen-bond donors (Lipinski definition) is 2. The van der Waals surface area contributed by atoms with Gasteiger partial charge >= 0.3 is 0 Å². The Balaban J connectivity index is 3.15. The van der Waals surface area contributed by atoms with Gasteiger partial charge in [0.05, 0.1) is 0 Å². The highest BCUT2D eigenvalue weighted by molar-refractivity contribution is 4.63. The van der Waals surface area contributed by atoms with E-state index in [1.807, 2.05) is 0 Å². The summed E-state index contributed by atoms with van der Waals surface area (Å²) >= 11 is 0. The van der Waals surface area contributed by atoms with Gasteiger partial charge < -0.3 is 11.5 Å². The second kappa shape index (κ2) is 6.62. The van der Waals surface area contributed by atoms with Gasteiger partial charge in [0.2, 0.25) is 0 Å². The van der Waals surface area contributed by atoms with Crippen molar-refractivity contribution in [3.8, 4) is 0 Å². The van der Waals surface area contributed by atoms with Gasteiger partial charge in [0, 0.05) is 6.04 Å². The summed E-state index contributed by atoms with van der Waals surface area (Å²) in [6.07, 6.45) is 4.58. The molecule has 0 radical (unpaired) electrons. The van der Waals surface area contributed by atoms with Gasteiger partial charge in [-0.2, -0.15) is 0 Å². The van der Waals surface area contributed by atoms with Gasteiger partial charge in [0.1, 0.15) is 0 Å². The largest absolute Gasteiger partial charge is 0.330 e. The smallest absolute Gasteiger partial charge is 0.00412 e. The molecule has 0 heterocycles. The maximum Gasteiger partial charge on any atom is 0.00412 e. The van der Waals surface area contributed by atoms with Gasteiger partial charge in [-0.15, -0.1) is 0 Å². The molecule has 0 bridgehead atoms. The maximum absolute atomic E-state index is 5.87. The molecule has 4 N–H and O–H groups in total. The summed E-state index contributed by atoms with van der Waals surface area (Å²) in [5.41, 5.74) is 11.2. The summed E-state index contributed by atoms with van der Waals surface area (Å²) in [6.45, 7) is 5.22. The molecule has 0 unspecified atom stereocenters. The molecule has 0 fully saturated rings. The summed E-state index contributed by atoms with van der Waals surface area (Å²) in [5, 5.41) is 0. The Morgan fingerprint density at radius 1 is 1.18 bits per heavy atom. The predicted octanol–water partition coefficient (Wildman–Crippen LogP) is 1.49. The minimum atomic E-state index is 0.390. The van der Waals surface area contributed by atoms with Crippen LogP contribution >= 0.6 is 0 Å². The van der Waals surface area contributed by atoms with Crippen LogP contribution in [0.15, 0.2) is 0 Å². The molecule has 0 aromatic rings. The quantitative estimate of drug-likeness (QED) is 0.575. The van der Waals surface area contributed by atoms with Crippen molar-refractivity contribution in [2.45, 2.75) is 45.6 Å². The Labute approximate surface area is 70.3 Å². The van der Waals surface area contributed by atoms with Crippen LogP contribution in [0.1, 0.15) is 39.5 Å². The first-order valence-electron chi connectivity index (χ1n) is 4.62. The molecule has 0 spiro atoms. The summed E-state index contributed by atoms with van der Waals surface area (Å²) in [6, 6.07) is 0.390. The van der Waals surface area contributed by atoms with Crippen molar-refractivity contribution in [3.05, 3.63) is 0 Å². The van der Waals surface area contributed by atoms with Crippen LogP contribution in [0.4, 0.5) is 0 Å². The first-order valence-corrected chi connectivity index (χ1v) is 4.62. The van der Waals surface area contributed by atoms with Crippen LogP contribution in [0.5, 0.6) is 0 Å². The van der Waals surface area contributed by atoms with Crippen LogP contribution in [0.25, 0.3) is 0 Å². The zero-order chi connectivity index (χ0) is 8.69. The van der Waals surface area contributed by atoms with Crippen molar-refractivity contribution in [2.24, 2.45) is 17.4 Å². The molecule has 0 aliphatic heterocycles. The number of hydrogen-bond acceptors (Lipinski definition) is 2. The first kappa shape index (κ1) is 10.9. The second-order valence-corrected chi connectivity index (χ2v) is 3.67. The second-order valence-electron chi connectivity index (χ2n) is 3.67. The predicted molar refractivity (Wildman–Crippen MR) is 50.3 cm³/mol. The molecule has 0 aliphatic carbocycles. The molecule has 2 nitrogen and oxygen atoms in total. The lowest BCUT2D eigenvalue weighted by molar-refractivity contribution is 0.459. The van der Waals surface area contributed by atoms with Crippen LogP contribution in [-0.2, 0) is 0 Å². The van der Waals surface area contributed by atoms with E-state index in [9.17, 15) is 0 Å². The van der Waals surface area contributed by atoms with Gasteiger partial charge in [-0.1, -0.05) is 20.3 Å². The number of rotatable bonds is 6. The summed E-state index contributed by atoms with van der Waals surface area (Å²) < 4.78 is 0. The first-order chi connectivity index (χ1) is 5.16. The van der Waals surface area contributed by atoms with Crippen LogP contribution < -0.4 is 11.5 Å². The molecular weight excluding hydrogens is 136 g/mol. The summed E-state index contributed by atoms with van der Waals surface area (Å²) in [5.74, 6) is 0.725. The zero-order valence-corrected chi connectivity index (χ0v) is 7.84. The minimum absolute atomic E-state index is 0.390. The molecule has 1 atom stereocenters. The average Bonchev–Trinajstić information content (AvgIpc) is 1.86. The van der Waals surface area contributed by atoms with Crippen LogP contribution in [0.2, 0.25) is 0 Å².